The summed E-state index contributed by atoms with van der Waals surface area (Å²) < 4.78 is 0. The fraction of sp³-hybridized carbons (Fsp3) is 0.412. The lowest BCUT2D eigenvalue weighted by Gasteiger charge is -2.16. The van der Waals surface area contributed by atoms with Crippen LogP contribution in [0.4, 0.5) is 0 Å². The molecule has 0 saturated heterocycles. The Bertz CT molecular complexity index is 646. The minimum absolute atomic E-state index is 0.0644. The minimum atomic E-state index is -0.274. The number of thioether (sulfide) groups is 1. The molecular weight excluding hydrogens is 328 g/mol. The van der Waals surface area contributed by atoms with Crippen LogP contribution in [-0.4, -0.2) is 28.6 Å². The van der Waals surface area contributed by atoms with E-state index in [-0.39, 0.29) is 17.9 Å². The molecule has 1 aromatic carbocycles. The molecule has 0 spiro atoms. The van der Waals surface area contributed by atoms with Gasteiger partial charge in [0.05, 0.1) is 22.9 Å². The zero-order valence-corrected chi connectivity index (χ0v) is 14.4. The Labute approximate surface area is 144 Å². The maximum atomic E-state index is 12.5. The summed E-state index contributed by atoms with van der Waals surface area (Å²) in [5, 5.41) is 14.9. The van der Waals surface area contributed by atoms with Crippen molar-refractivity contribution >= 4 is 29.0 Å². The van der Waals surface area contributed by atoms with E-state index in [1.165, 1.54) is 0 Å². The molecule has 2 aromatic rings. The lowest BCUT2D eigenvalue weighted by molar-refractivity contribution is 0.0914. The molecule has 122 valence electrons. The molecule has 1 aliphatic rings. The standard InChI is InChI=1S/C17H20N2O2S2/c20-15-6-3-4-12(15)8-18-17(21)14-5-1-2-7-16(14)23-10-13-9-22-11-19-13/h1-2,5,7,9,11-12,15,20H,3-4,6,8,10H2,(H,18,21). The van der Waals surface area contributed by atoms with Crippen LogP contribution in [0.1, 0.15) is 35.3 Å². The molecule has 1 fully saturated rings. The quantitative estimate of drug-likeness (QED) is 0.786. The number of amides is 1. The van der Waals surface area contributed by atoms with E-state index in [2.05, 4.69) is 10.3 Å². The molecular formula is C17H20N2O2S2. The van der Waals surface area contributed by atoms with Crippen LogP contribution in [0.2, 0.25) is 0 Å². The Kier molecular flexibility index (Phi) is 5.70. The predicted octanol–water partition coefficient (Wildman–Crippen LogP) is 3.33. The van der Waals surface area contributed by atoms with Crippen LogP contribution in [0, 0.1) is 5.92 Å². The van der Waals surface area contributed by atoms with Crippen molar-refractivity contribution in [2.24, 2.45) is 5.92 Å². The molecule has 1 amide bonds. The highest BCUT2D eigenvalue weighted by atomic mass is 32.2. The summed E-state index contributed by atoms with van der Waals surface area (Å²) in [7, 11) is 0. The van der Waals surface area contributed by atoms with E-state index in [0.29, 0.717) is 12.1 Å². The molecule has 2 atom stereocenters. The smallest absolute Gasteiger partial charge is 0.252 e. The number of thiazole rings is 1. The summed E-state index contributed by atoms with van der Waals surface area (Å²) in [6.45, 7) is 0.547. The molecule has 23 heavy (non-hydrogen) atoms. The predicted molar refractivity (Wildman–Crippen MR) is 93.8 cm³/mol. The highest BCUT2D eigenvalue weighted by molar-refractivity contribution is 7.98. The number of aromatic nitrogens is 1. The van der Waals surface area contributed by atoms with Crippen molar-refractivity contribution in [2.45, 2.75) is 36.0 Å². The molecule has 1 saturated carbocycles. The highest BCUT2D eigenvalue weighted by Crippen LogP contribution is 2.27. The first-order chi connectivity index (χ1) is 11.2. The number of aliphatic hydroxyl groups excluding tert-OH is 1. The van der Waals surface area contributed by atoms with E-state index in [0.717, 1.165) is 35.6 Å². The Morgan fingerprint density at radius 1 is 1.39 bits per heavy atom. The van der Waals surface area contributed by atoms with Gasteiger partial charge in [-0.25, -0.2) is 4.98 Å². The van der Waals surface area contributed by atoms with Crippen molar-refractivity contribution < 1.29 is 9.90 Å². The lowest BCUT2D eigenvalue weighted by Crippen LogP contribution is -2.32. The zero-order valence-electron chi connectivity index (χ0n) is 12.8. The molecule has 4 nitrogen and oxygen atoms in total. The maximum Gasteiger partial charge on any atom is 0.252 e. The van der Waals surface area contributed by atoms with E-state index in [1.807, 2.05) is 35.2 Å². The van der Waals surface area contributed by atoms with Crippen LogP contribution < -0.4 is 5.32 Å². The zero-order chi connectivity index (χ0) is 16.1. The minimum Gasteiger partial charge on any atom is -0.393 e. The molecule has 0 aliphatic heterocycles. The third-order valence-electron chi connectivity index (χ3n) is 4.13. The fourth-order valence-electron chi connectivity index (χ4n) is 2.81. The third-order valence-corrected chi connectivity index (χ3v) is 5.88. The van der Waals surface area contributed by atoms with Gasteiger partial charge in [-0.1, -0.05) is 18.6 Å². The first-order valence-electron chi connectivity index (χ1n) is 7.79. The number of carbonyl (C=O) groups is 1. The number of hydrogen-bond acceptors (Lipinski definition) is 5. The van der Waals surface area contributed by atoms with Gasteiger partial charge in [-0.15, -0.1) is 23.1 Å². The van der Waals surface area contributed by atoms with Crippen LogP contribution in [0.25, 0.3) is 0 Å². The van der Waals surface area contributed by atoms with Gasteiger partial charge in [-0.05, 0) is 25.0 Å². The first kappa shape index (κ1) is 16.5. The summed E-state index contributed by atoms with van der Waals surface area (Å²) in [4.78, 5) is 17.7. The Hall–Kier alpha value is -1.37. The van der Waals surface area contributed by atoms with Gasteiger partial charge in [0.1, 0.15) is 0 Å². The summed E-state index contributed by atoms with van der Waals surface area (Å²) in [5.74, 6) is 0.883. The number of rotatable bonds is 6. The van der Waals surface area contributed by atoms with Crippen molar-refractivity contribution in [1.29, 1.82) is 0 Å². The molecule has 1 aliphatic carbocycles. The maximum absolute atomic E-state index is 12.5. The monoisotopic (exact) mass is 348 g/mol. The third kappa shape index (κ3) is 4.34. The van der Waals surface area contributed by atoms with Crippen molar-refractivity contribution in [3.8, 4) is 0 Å². The second-order valence-electron chi connectivity index (χ2n) is 5.73. The van der Waals surface area contributed by atoms with Crippen LogP contribution in [0.5, 0.6) is 0 Å². The van der Waals surface area contributed by atoms with Gasteiger partial charge < -0.3 is 10.4 Å². The number of aliphatic hydroxyl groups is 1. The average Bonchev–Trinajstić information content (AvgIpc) is 3.22. The van der Waals surface area contributed by atoms with E-state index in [9.17, 15) is 9.90 Å². The number of nitrogens with zero attached hydrogens (tertiary/aromatic N) is 1. The van der Waals surface area contributed by atoms with Gasteiger partial charge in [0.2, 0.25) is 0 Å². The van der Waals surface area contributed by atoms with Gasteiger partial charge in [-0.3, -0.25) is 4.79 Å². The Balaban J connectivity index is 1.60. The number of benzene rings is 1. The average molecular weight is 348 g/mol. The topological polar surface area (TPSA) is 62.2 Å². The second kappa shape index (κ2) is 7.95. The van der Waals surface area contributed by atoms with Crippen molar-refractivity contribution in [2.75, 3.05) is 6.54 Å². The number of hydrogen-bond donors (Lipinski definition) is 2. The lowest BCUT2D eigenvalue weighted by atomic mass is 10.1. The van der Waals surface area contributed by atoms with Crippen LogP contribution in [0.3, 0.4) is 0 Å². The summed E-state index contributed by atoms with van der Waals surface area (Å²) in [6, 6.07) is 7.65. The van der Waals surface area contributed by atoms with Crippen molar-refractivity contribution in [3.63, 3.8) is 0 Å². The van der Waals surface area contributed by atoms with Gasteiger partial charge >= 0.3 is 0 Å². The fourth-order valence-corrected chi connectivity index (χ4v) is 4.43. The largest absolute Gasteiger partial charge is 0.393 e. The van der Waals surface area contributed by atoms with Crippen LogP contribution in [0.15, 0.2) is 40.1 Å². The summed E-state index contributed by atoms with van der Waals surface area (Å²) in [5.41, 5.74) is 3.55. The summed E-state index contributed by atoms with van der Waals surface area (Å²) in [6.07, 6.45) is 2.61. The van der Waals surface area contributed by atoms with Crippen molar-refractivity contribution in [3.05, 3.63) is 46.4 Å². The van der Waals surface area contributed by atoms with Gasteiger partial charge in [0, 0.05) is 28.5 Å². The molecule has 1 aromatic heterocycles. The number of carbonyl (C=O) groups excluding carboxylic acids is 1. The molecule has 0 bridgehead atoms. The molecule has 1 heterocycles. The van der Waals surface area contributed by atoms with Gasteiger partial charge in [0.15, 0.2) is 0 Å². The Morgan fingerprint density at radius 2 is 2.26 bits per heavy atom. The van der Waals surface area contributed by atoms with Crippen molar-refractivity contribution in [1.82, 2.24) is 10.3 Å². The Morgan fingerprint density at radius 3 is 3.00 bits per heavy atom. The molecule has 2 N–H and O–H groups in total. The first-order valence-corrected chi connectivity index (χ1v) is 9.72. The second-order valence-corrected chi connectivity index (χ2v) is 7.47. The van der Waals surface area contributed by atoms with E-state index in [1.54, 1.807) is 23.1 Å². The van der Waals surface area contributed by atoms with Gasteiger partial charge in [-0.2, -0.15) is 0 Å². The normalized spacial score (nSPS) is 20.6. The highest BCUT2D eigenvalue weighted by Gasteiger charge is 2.25. The SMILES string of the molecule is O=C(NCC1CCCC1O)c1ccccc1SCc1cscn1. The molecule has 0 radical (unpaired) electrons. The molecule has 3 rings (SSSR count). The molecule has 2 unspecified atom stereocenters. The van der Waals surface area contributed by atoms with E-state index < -0.39 is 0 Å². The molecule has 6 heteroatoms. The number of nitrogens with one attached hydrogen (secondary N) is 1. The van der Waals surface area contributed by atoms with E-state index >= 15 is 0 Å². The van der Waals surface area contributed by atoms with Crippen LogP contribution in [-0.2, 0) is 5.75 Å². The van der Waals surface area contributed by atoms with Crippen LogP contribution >= 0.6 is 23.1 Å². The van der Waals surface area contributed by atoms with Gasteiger partial charge in [0.25, 0.3) is 5.91 Å². The summed E-state index contributed by atoms with van der Waals surface area (Å²) >= 11 is 3.21. The van der Waals surface area contributed by atoms with E-state index in [4.69, 9.17) is 0 Å².